The summed E-state index contributed by atoms with van der Waals surface area (Å²) >= 11 is 0. The average Bonchev–Trinajstić information content (AvgIpc) is 2.88. The zero-order valence-electron chi connectivity index (χ0n) is 11.7. The molecule has 2 heterocycles. The van der Waals surface area contributed by atoms with Gasteiger partial charge in [-0.2, -0.15) is 4.98 Å². The van der Waals surface area contributed by atoms with Crippen LogP contribution < -0.4 is 11.4 Å². The van der Waals surface area contributed by atoms with Crippen LogP contribution in [0.1, 0.15) is 32.6 Å². The molecule has 21 heavy (non-hydrogen) atoms. The third kappa shape index (κ3) is 2.68. The molecule has 2 rings (SSSR count). The van der Waals surface area contributed by atoms with Gasteiger partial charge in [0, 0.05) is 12.8 Å². The summed E-state index contributed by atoms with van der Waals surface area (Å²) in [7, 11) is 0. The van der Waals surface area contributed by atoms with E-state index in [1.54, 1.807) is 0 Å². The van der Waals surface area contributed by atoms with E-state index in [0.717, 1.165) is 10.8 Å². The first-order chi connectivity index (χ1) is 9.94. The summed E-state index contributed by atoms with van der Waals surface area (Å²) in [6, 6.07) is 0. The van der Waals surface area contributed by atoms with Gasteiger partial charge in [-0.15, -0.1) is 0 Å². The minimum Gasteiger partial charge on any atom is -0.394 e. The fourth-order valence-electron chi connectivity index (χ4n) is 2.52. The van der Waals surface area contributed by atoms with Crippen LogP contribution in [0.2, 0.25) is 0 Å². The molecule has 0 amide bonds. The molecular formula is C13H18FN3O4. The molecule has 0 radical (unpaired) electrons. The van der Waals surface area contributed by atoms with E-state index in [1.165, 1.54) is 0 Å². The molecule has 7 nitrogen and oxygen atoms in total. The molecule has 3 N–H and O–H groups in total. The van der Waals surface area contributed by atoms with Gasteiger partial charge in [-0.25, -0.2) is 9.18 Å². The Morgan fingerprint density at radius 1 is 1.71 bits per heavy atom. The van der Waals surface area contributed by atoms with Gasteiger partial charge in [0.25, 0.3) is 0 Å². The van der Waals surface area contributed by atoms with Crippen molar-refractivity contribution < 1.29 is 19.0 Å². The third-order valence-electron chi connectivity index (χ3n) is 3.58. The van der Waals surface area contributed by atoms with Gasteiger partial charge in [0.1, 0.15) is 0 Å². The van der Waals surface area contributed by atoms with Crippen LogP contribution in [0.25, 0.3) is 0 Å². The highest BCUT2D eigenvalue weighted by Crippen LogP contribution is 2.36. The predicted octanol–water partition coefficient (Wildman–Crippen LogP) is 0.158. The van der Waals surface area contributed by atoms with E-state index >= 15 is 0 Å². The number of nitrogens with zero attached hydrogens (tertiary/aromatic N) is 2. The van der Waals surface area contributed by atoms with E-state index in [0.29, 0.717) is 12.8 Å². The Labute approximate surface area is 120 Å². The van der Waals surface area contributed by atoms with E-state index in [9.17, 15) is 19.1 Å². The number of ketones is 1. The largest absolute Gasteiger partial charge is 0.394 e. The molecule has 1 aromatic rings. The van der Waals surface area contributed by atoms with Crippen LogP contribution in [0, 0.1) is 5.82 Å². The van der Waals surface area contributed by atoms with Gasteiger partial charge in [-0.1, -0.05) is 6.92 Å². The quantitative estimate of drug-likeness (QED) is 0.802. The molecule has 116 valence electrons. The minimum atomic E-state index is -1.61. The summed E-state index contributed by atoms with van der Waals surface area (Å²) in [5.74, 6) is -1.76. The summed E-state index contributed by atoms with van der Waals surface area (Å²) in [6.45, 7) is 1.54. The molecule has 1 saturated heterocycles. The maximum absolute atomic E-state index is 13.6. The Hall–Kier alpha value is -1.80. The summed E-state index contributed by atoms with van der Waals surface area (Å²) in [6.07, 6.45) is 1.59. The van der Waals surface area contributed by atoms with E-state index in [4.69, 9.17) is 10.5 Å². The first-order valence-corrected chi connectivity index (χ1v) is 6.81. The average molecular weight is 299 g/mol. The smallest absolute Gasteiger partial charge is 0.352 e. The molecule has 0 unspecified atom stereocenters. The third-order valence-corrected chi connectivity index (χ3v) is 3.58. The summed E-state index contributed by atoms with van der Waals surface area (Å²) in [5.41, 5.74) is 2.80. The summed E-state index contributed by atoms with van der Waals surface area (Å²) in [5, 5.41) is 9.19. The van der Waals surface area contributed by atoms with Crippen molar-refractivity contribution in [3.8, 4) is 0 Å². The van der Waals surface area contributed by atoms with Gasteiger partial charge in [0.05, 0.1) is 18.9 Å². The molecule has 0 aromatic carbocycles. The van der Waals surface area contributed by atoms with E-state index < -0.39 is 29.2 Å². The highest BCUT2D eigenvalue weighted by molar-refractivity contribution is 5.85. The number of nitrogen functional groups attached to an aromatic ring is 1. The summed E-state index contributed by atoms with van der Waals surface area (Å²) in [4.78, 5) is 27.8. The van der Waals surface area contributed by atoms with Gasteiger partial charge < -0.3 is 15.6 Å². The van der Waals surface area contributed by atoms with Gasteiger partial charge in [-0.3, -0.25) is 9.36 Å². The zero-order chi connectivity index (χ0) is 15.6. The summed E-state index contributed by atoms with van der Waals surface area (Å²) < 4.78 is 20.1. The van der Waals surface area contributed by atoms with Crippen LogP contribution in [0.15, 0.2) is 11.0 Å². The molecule has 8 heteroatoms. The molecule has 0 aliphatic carbocycles. The molecule has 1 fully saturated rings. The number of hydrogen-bond donors (Lipinski definition) is 2. The van der Waals surface area contributed by atoms with Crippen molar-refractivity contribution in [1.82, 2.24) is 9.55 Å². The van der Waals surface area contributed by atoms with Crippen molar-refractivity contribution in [3.63, 3.8) is 0 Å². The van der Waals surface area contributed by atoms with Crippen molar-refractivity contribution in [2.45, 2.75) is 44.4 Å². The molecule has 1 aromatic heterocycles. The highest BCUT2D eigenvalue weighted by Gasteiger charge is 2.48. The van der Waals surface area contributed by atoms with E-state index in [-0.39, 0.29) is 25.2 Å². The lowest BCUT2D eigenvalue weighted by Gasteiger charge is -2.29. The number of carbonyl (C=O) groups is 1. The number of aromatic nitrogens is 2. The number of Topliss-reactive ketones (excluding diaryl/α,β-unsaturated/α-hetero) is 1. The van der Waals surface area contributed by atoms with Crippen LogP contribution in [0.4, 0.5) is 10.2 Å². The fourth-order valence-corrected chi connectivity index (χ4v) is 2.52. The molecule has 1 aliphatic heterocycles. The van der Waals surface area contributed by atoms with Crippen LogP contribution in [0.3, 0.4) is 0 Å². The van der Waals surface area contributed by atoms with Crippen LogP contribution in [-0.2, 0) is 15.3 Å². The maximum atomic E-state index is 13.6. The normalized spacial score (nSPS) is 25.2. The Bertz CT molecular complexity index is 604. The molecule has 0 spiro atoms. The zero-order valence-corrected chi connectivity index (χ0v) is 11.7. The molecule has 0 saturated carbocycles. The van der Waals surface area contributed by atoms with Gasteiger partial charge in [-0.05, 0) is 12.8 Å². The van der Waals surface area contributed by atoms with Crippen molar-refractivity contribution in [1.29, 1.82) is 0 Å². The van der Waals surface area contributed by atoms with Crippen LogP contribution in [0.5, 0.6) is 0 Å². The van der Waals surface area contributed by atoms with Crippen molar-refractivity contribution in [2.24, 2.45) is 0 Å². The number of anilines is 1. The van der Waals surface area contributed by atoms with Crippen LogP contribution >= 0.6 is 0 Å². The fraction of sp³-hybridized carbons (Fsp3) is 0.615. The predicted molar refractivity (Wildman–Crippen MR) is 71.9 cm³/mol. The SMILES string of the molecule is CCCC(=O)[C@]1(n2cc(F)c(N)nc2=O)CC[C@@H](CO)O1. The number of nitrogens with two attached hydrogens (primary N) is 1. The highest BCUT2D eigenvalue weighted by atomic mass is 19.1. The number of carbonyl (C=O) groups excluding carboxylic acids is 1. The lowest BCUT2D eigenvalue weighted by atomic mass is 10.00. The monoisotopic (exact) mass is 299 g/mol. The van der Waals surface area contributed by atoms with Crippen molar-refractivity contribution in [2.75, 3.05) is 12.3 Å². The second-order valence-electron chi connectivity index (χ2n) is 5.05. The second-order valence-corrected chi connectivity index (χ2v) is 5.05. The van der Waals surface area contributed by atoms with Gasteiger partial charge in [0.2, 0.25) is 5.72 Å². The van der Waals surface area contributed by atoms with Gasteiger partial charge in [0.15, 0.2) is 17.4 Å². The Morgan fingerprint density at radius 3 is 3.00 bits per heavy atom. The van der Waals surface area contributed by atoms with Crippen LogP contribution in [-0.4, -0.2) is 33.2 Å². The maximum Gasteiger partial charge on any atom is 0.352 e. The van der Waals surface area contributed by atoms with E-state index in [1.807, 2.05) is 6.92 Å². The molecular weight excluding hydrogens is 281 g/mol. The minimum absolute atomic E-state index is 0.177. The number of rotatable bonds is 5. The molecule has 2 atom stereocenters. The number of aliphatic hydroxyl groups excluding tert-OH is 1. The van der Waals surface area contributed by atoms with Crippen molar-refractivity contribution in [3.05, 3.63) is 22.5 Å². The first kappa shape index (κ1) is 15.6. The Kier molecular flexibility index (Phi) is 4.38. The number of hydrogen-bond acceptors (Lipinski definition) is 6. The van der Waals surface area contributed by atoms with E-state index in [2.05, 4.69) is 4.98 Å². The molecule has 0 bridgehead atoms. The number of aliphatic hydroxyl groups is 1. The van der Waals surface area contributed by atoms with Gasteiger partial charge >= 0.3 is 5.69 Å². The number of ether oxygens (including phenoxy) is 1. The van der Waals surface area contributed by atoms with Crippen molar-refractivity contribution >= 4 is 11.6 Å². The Balaban J connectivity index is 2.53. The Morgan fingerprint density at radius 2 is 2.43 bits per heavy atom. The second kappa shape index (κ2) is 5.90. The lowest BCUT2D eigenvalue weighted by Crippen LogP contribution is -2.48. The topological polar surface area (TPSA) is 107 Å². The first-order valence-electron chi connectivity index (χ1n) is 6.81. The number of halogens is 1. The lowest BCUT2D eigenvalue weighted by molar-refractivity contribution is -0.161. The molecule has 1 aliphatic rings. The standard InChI is InChI=1S/C13H18FN3O4/c1-2-3-10(19)13(5-4-8(7-18)21-13)17-6-9(14)11(15)16-12(17)20/h6,8,18H,2-5,7H2,1H3,(H2,15,16,20)/t8-,13-/m0/s1.